The molecule has 2 aromatic heterocycles. The van der Waals surface area contributed by atoms with Crippen LogP contribution in [0.1, 0.15) is 36.1 Å². The third-order valence-corrected chi connectivity index (χ3v) is 3.82. The van der Waals surface area contributed by atoms with Crippen LogP contribution in [0.25, 0.3) is 0 Å². The van der Waals surface area contributed by atoms with Gasteiger partial charge >= 0.3 is 0 Å². The molecule has 0 atom stereocenters. The minimum Gasteiger partial charge on any atom is -0.350 e. The van der Waals surface area contributed by atoms with Gasteiger partial charge in [-0.2, -0.15) is 0 Å². The van der Waals surface area contributed by atoms with Crippen molar-refractivity contribution in [3.8, 4) is 0 Å². The second-order valence-electron chi connectivity index (χ2n) is 4.53. The molecule has 1 amide bonds. The molecule has 0 aliphatic heterocycles. The van der Waals surface area contributed by atoms with Crippen molar-refractivity contribution in [3.05, 3.63) is 39.0 Å². The van der Waals surface area contributed by atoms with Crippen LogP contribution in [0, 0.1) is 0 Å². The van der Waals surface area contributed by atoms with Gasteiger partial charge < -0.3 is 9.88 Å². The Morgan fingerprint density at radius 1 is 1.58 bits per heavy atom. The van der Waals surface area contributed by atoms with Crippen molar-refractivity contribution in [2.45, 2.75) is 26.3 Å². The molecule has 2 aromatic rings. The Bertz CT molecular complexity index is 548. The van der Waals surface area contributed by atoms with Crippen LogP contribution in [0.5, 0.6) is 0 Å². The van der Waals surface area contributed by atoms with E-state index < -0.39 is 0 Å². The Balaban J connectivity index is 1.96. The number of thiazole rings is 1. The van der Waals surface area contributed by atoms with Crippen molar-refractivity contribution in [2.75, 3.05) is 6.54 Å². The average Bonchev–Trinajstić information content (AvgIpc) is 2.98. The molecule has 2 heterocycles. The minimum absolute atomic E-state index is 0.0466. The Morgan fingerprint density at radius 3 is 3.00 bits per heavy atom. The van der Waals surface area contributed by atoms with Crippen molar-refractivity contribution >= 4 is 33.2 Å². The van der Waals surface area contributed by atoms with Gasteiger partial charge in [-0.25, -0.2) is 4.98 Å². The zero-order valence-corrected chi connectivity index (χ0v) is 13.3. The van der Waals surface area contributed by atoms with E-state index in [9.17, 15) is 4.79 Å². The molecule has 102 valence electrons. The summed E-state index contributed by atoms with van der Waals surface area (Å²) in [6.07, 6.45) is 2.69. The van der Waals surface area contributed by atoms with Crippen molar-refractivity contribution < 1.29 is 4.79 Å². The molecule has 6 heteroatoms. The van der Waals surface area contributed by atoms with Gasteiger partial charge in [0.05, 0.1) is 11.2 Å². The van der Waals surface area contributed by atoms with Crippen molar-refractivity contribution in [1.82, 2.24) is 14.9 Å². The highest BCUT2D eigenvalue weighted by Gasteiger charge is 2.14. The summed E-state index contributed by atoms with van der Waals surface area (Å²) >= 11 is 4.98. The average molecular weight is 342 g/mol. The van der Waals surface area contributed by atoms with E-state index in [1.807, 2.05) is 22.2 Å². The van der Waals surface area contributed by atoms with E-state index in [-0.39, 0.29) is 11.9 Å². The molecule has 0 aliphatic rings. The fraction of sp³-hybridized carbons (Fsp3) is 0.385. The topological polar surface area (TPSA) is 46.9 Å². The predicted molar refractivity (Wildman–Crippen MR) is 80.7 cm³/mol. The van der Waals surface area contributed by atoms with Gasteiger partial charge in [0, 0.05) is 35.1 Å². The third kappa shape index (κ3) is 3.67. The lowest BCUT2D eigenvalue weighted by molar-refractivity contribution is 0.0943. The van der Waals surface area contributed by atoms with Gasteiger partial charge in [0.1, 0.15) is 5.69 Å². The minimum atomic E-state index is -0.0466. The monoisotopic (exact) mass is 341 g/mol. The zero-order chi connectivity index (χ0) is 13.8. The first-order valence-electron chi connectivity index (χ1n) is 6.10. The number of hydrogen-bond donors (Lipinski definition) is 1. The Labute approximate surface area is 125 Å². The number of rotatable bonds is 5. The van der Waals surface area contributed by atoms with Gasteiger partial charge in [-0.05, 0) is 35.8 Å². The molecule has 0 aromatic carbocycles. The van der Waals surface area contributed by atoms with E-state index in [2.05, 4.69) is 40.1 Å². The molecule has 0 saturated heterocycles. The van der Waals surface area contributed by atoms with Gasteiger partial charge in [-0.3, -0.25) is 4.79 Å². The highest BCUT2D eigenvalue weighted by Crippen LogP contribution is 2.19. The van der Waals surface area contributed by atoms with Crippen LogP contribution in [0.2, 0.25) is 0 Å². The maximum absolute atomic E-state index is 12.1. The number of nitrogens with zero attached hydrogens (tertiary/aromatic N) is 2. The first-order chi connectivity index (χ1) is 9.08. The van der Waals surface area contributed by atoms with E-state index >= 15 is 0 Å². The standard InChI is InChI=1S/C13H16BrN3OS/c1-9(2)17-6-10(14)5-12(17)13(18)15-4-3-11-7-19-8-16-11/h5-9H,3-4H2,1-2H3,(H,15,18). The van der Waals surface area contributed by atoms with Crippen LogP contribution in [0.15, 0.2) is 27.6 Å². The molecule has 0 fully saturated rings. The quantitative estimate of drug-likeness (QED) is 0.907. The van der Waals surface area contributed by atoms with Crippen LogP contribution >= 0.6 is 27.3 Å². The summed E-state index contributed by atoms with van der Waals surface area (Å²) in [4.78, 5) is 16.3. The van der Waals surface area contributed by atoms with E-state index in [1.54, 1.807) is 16.8 Å². The first-order valence-corrected chi connectivity index (χ1v) is 7.84. The fourth-order valence-corrected chi connectivity index (χ4v) is 2.84. The third-order valence-electron chi connectivity index (χ3n) is 2.75. The largest absolute Gasteiger partial charge is 0.350 e. The molecule has 0 bridgehead atoms. The second kappa shape index (κ2) is 6.34. The molecule has 0 spiro atoms. The van der Waals surface area contributed by atoms with E-state index in [4.69, 9.17) is 0 Å². The Kier molecular flexibility index (Phi) is 4.76. The lowest BCUT2D eigenvalue weighted by Crippen LogP contribution is -2.28. The van der Waals surface area contributed by atoms with E-state index in [0.717, 1.165) is 16.6 Å². The number of halogens is 1. The van der Waals surface area contributed by atoms with E-state index in [0.29, 0.717) is 12.2 Å². The van der Waals surface area contributed by atoms with Crippen molar-refractivity contribution in [2.24, 2.45) is 0 Å². The van der Waals surface area contributed by atoms with Crippen LogP contribution in [-0.2, 0) is 6.42 Å². The number of amides is 1. The number of carbonyl (C=O) groups is 1. The van der Waals surface area contributed by atoms with E-state index in [1.165, 1.54) is 0 Å². The summed E-state index contributed by atoms with van der Waals surface area (Å²) in [6, 6.07) is 2.10. The smallest absolute Gasteiger partial charge is 0.267 e. The molecule has 0 aliphatic carbocycles. The second-order valence-corrected chi connectivity index (χ2v) is 6.16. The van der Waals surface area contributed by atoms with Gasteiger partial charge in [0.2, 0.25) is 0 Å². The fourth-order valence-electron chi connectivity index (χ4n) is 1.81. The molecule has 0 radical (unpaired) electrons. The van der Waals surface area contributed by atoms with Crippen molar-refractivity contribution in [1.29, 1.82) is 0 Å². The Morgan fingerprint density at radius 2 is 2.37 bits per heavy atom. The molecule has 1 N–H and O–H groups in total. The summed E-state index contributed by atoms with van der Waals surface area (Å²) < 4.78 is 2.88. The zero-order valence-electron chi connectivity index (χ0n) is 10.9. The SMILES string of the molecule is CC(C)n1cc(Br)cc1C(=O)NCCc1cscn1. The molecular formula is C13H16BrN3OS. The van der Waals surface area contributed by atoms with Crippen LogP contribution < -0.4 is 5.32 Å². The number of carbonyl (C=O) groups excluding carboxylic acids is 1. The predicted octanol–water partition coefficient (Wildman–Crippen LogP) is 3.26. The molecule has 0 saturated carbocycles. The van der Waals surface area contributed by atoms with Gasteiger partial charge in [0.25, 0.3) is 5.91 Å². The number of nitrogens with one attached hydrogen (secondary N) is 1. The summed E-state index contributed by atoms with van der Waals surface area (Å²) in [5.74, 6) is -0.0466. The molecular weight excluding hydrogens is 326 g/mol. The molecule has 4 nitrogen and oxygen atoms in total. The highest BCUT2D eigenvalue weighted by molar-refractivity contribution is 9.10. The maximum atomic E-state index is 12.1. The van der Waals surface area contributed by atoms with Gasteiger partial charge in [-0.1, -0.05) is 0 Å². The normalized spacial score (nSPS) is 10.9. The molecule has 0 unspecified atom stereocenters. The Hall–Kier alpha value is -1.14. The van der Waals surface area contributed by atoms with Gasteiger partial charge in [0.15, 0.2) is 0 Å². The maximum Gasteiger partial charge on any atom is 0.267 e. The first kappa shape index (κ1) is 14.3. The summed E-state index contributed by atoms with van der Waals surface area (Å²) in [6.45, 7) is 4.71. The number of hydrogen-bond acceptors (Lipinski definition) is 3. The van der Waals surface area contributed by atoms with Crippen molar-refractivity contribution in [3.63, 3.8) is 0 Å². The summed E-state index contributed by atoms with van der Waals surface area (Å²) in [7, 11) is 0. The lowest BCUT2D eigenvalue weighted by atomic mass is 10.3. The highest BCUT2D eigenvalue weighted by atomic mass is 79.9. The lowest BCUT2D eigenvalue weighted by Gasteiger charge is -2.12. The van der Waals surface area contributed by atoms with Gasteiger partial charge in [-0.15, -0.1) is 11.3 Å². The summed E-state index contributed by atoms with van der Waals surface area (Å²) in [5.41, 5.74) is 3.50. The molecule has 2 rings (SSSR count). The van der Waals surface area contributed by atoms with Crippen LogP contribution in [-0.4, -0.2) is 22.0 Å². The van der Waals surface area contributed by atoms with Crippen LogP contribution in [0.4, 0.5) is 0 Å². The van der Waals surface area contributed by atoms with Crippen LogP contribution in [0.3, 0.4) is 0 Å². The summed E-state index contributed by atoms with van der Waals surface area (Å²) in [5, 5.41) is 4.93. The number of aromatic nitrogens is 2. The molecule has 19 heavy (non-hydrogen) atoms.